The third-order valence-electron chi connectivity index (χ3n) is 5.01. The van der Waals surface area contributed by atoms with Crippen molar-refractivity contribution in [2.24, 2.45) is 0 Å². The average molecular weight is 297 g/mol. The Morgan fingerprint density at radius 3 is 2.41 bits per heavy atom. The van der Waals surface area contributed by atoms with E-state index in [0.717, 1.165) is 43.6 Å². The molecule has 0 unspecified atom stereocenters. The molecule has 3 nitrogen and oxygen atoms in total. The van der Waals surface area contributed by atoms with Crippen molar-refractivity contribution in [1.82, 2.24) is 9.88 Å². The molecule has 3 heteroatoms. The molecule has 3 rings (SSSR count). The van der Waals surface area contributed by atoms with Crippen LogP contribution in [-0.4, -0.2) is 42.1 Å². The molecule has 0 atom stereocenters. The van der Waals surface area contributed by atoms with Gasteiger partial charge < -0.3 is 4.90 Å². The number of rotatable bonds is 4. The van der Waals surface area contributed by atoms with E-state index in [1.54, 1.807) is 0 Å². The van der Waals surface area contributed by atoms with Crippen LogP contribution in [0.5, 0.6) is 0 Å². The largest absolute Gasteiger partial charge is 0.354 e. The monoisotopic (exact) mass is 297 g/mol. The van der Waals surface area contributed by atoms with Crippen LogP contribution in [0.4, 0.5) is 5.82 Å². The third-order valence-corrected chi connectivity index (χ3v) is 5.01. The molecule has 1 saturated heterocycles. The molecule has 118 valence electrons. The van der Waals surface area contributed by atoms with Crippen LogP contribution in [0.1, 0.15) is 32.3 Å². The van der Waals surface area contributed by atoms with Crippen molar-refractivity contribution in [3.8, 4) is 0 Å². The Kier molecular flexibility index (Phi) is 4.63. The second-order valence-corrected chi connectivity index (χ2v) is 6.31. The van der Waals surface area contributed by atoms with Crippen molar-refractivity contribution < 1.29 is 0 Å². The van der Waals surface area contributed by atoms with Crippen molar-refractivity contribution in [3.05, 3.63) is 35.9 Å². The first-order valence-electron chi connectivity index (χ1n) is 8.58. The van der Waals surface area contributed by atoms with Gasteiger partial charge >= 0.3 is 0 Å². The first kappa shape index (κ1) is 15.3. The fourth-order valence-corrected chi connectivity index (χ4v) is 3.61. The molecule has 0 amide bonds. The van der Waals surface area contributed by atoms with Crippen molar-refractivity contribution in [1.29, 1.82) is 0 Å². The van der Waals surface area contributed by atoms with Gasteiger partial charge in [0.15, 0.2) is 0 Å². The van der Waals surface area contributed by atoms with E-state index in [-0.39, 0.29) is 0 Å². The van der Waals surface area contributed by atoms with Gasteiger partial charge in [-0.1, -0.05) is 32.0 Å². The molecule has 1 aliphatic heterocycles. The zero-order valence-electron chi connectivity index (χ0n) is 14.0. The lowest BCUT2D eigenvalue weighted by Crippen LogP contribution is -2.50. The van der Waals surface area contributed by atoms with Gasteiger partial charge in [0.2, 0.25) is 0 Å². The minimum absolute atomic E-state index is 0.744. The van der Waals surface area contributed by atoms with Crippen LogP contribution in [0.2, 0.25) is 0 Å². The summed E-state index contributed by atoms with van der Waals surface area (Å²) in [4.78, 5) is 9.96. The topological polar surface area (TPSA) is 19.4 Å². The van der Waals surface area contributed by atoms with E-state index in [4.69, 9.17) is 4.98 Å². The van der Waals surface area contributed by atoms with E-state index < -0.39 is 0 Å². The zero-order chi connectivity index (χ0) is 15.5. The first-order chi connectivity index (χ1) is 10.7. The summed E-state index contributed by atoms with van der Waals surface area (Å²) in [6.07, 6.45) is 2.51. The fraction of sp³-hybridized carbons (Fsp3) is 0.526. The zero-order valence-corrected chi connectivity index (χ0v) is 14.0. The van der Waals surface area contributed by atoms with E-state index in [1.807, 2.05) is 0 Å². The van der Waals surface area contributed by atoms with Gasteiger partial charge in [-0.25, -0.2) is 4.98 Å². The highest BCUT2D eigenvalue weighted by Gasteiger charge is 2.22. The SMILES string of the molecule is CCC(CC)N1CCN(c2cc(C)c3ccccc3n2)CC1. The van der Waals surface area contributed by atoms with E-state index in [1.165, 1.54) is 23.8 Å². The van der Waals surface area contributed by atoms with Crippen LogP contribution in [0.3, 0.4) is 0 Å². The van der Waals surface area contributed by atoms with Crippen molar-refractivity contribution in [3.63, 3.8) is 0 Å². The first-order valence-corrected chi connectivity index (χ1v) is 8.58. The smallest absolute Gasteiger partial charge is 0.129 e. The molecule has 0 radical (unpaired) electrons. The predicted molar refractivity (Wildman–Crippen MR) is 94.6 cm³/mol. The minimum atomic E-state index is 0.744. The normalized spacial score (nSPS) is 16.6. The van der Waals surface area contributed by atoms with Crippen molar-refractivity contribution in [2.45, 2.75) is 39.7 Å². The molecule has 0 saturated carbocycles. The Morgan fingerprint density at radius 2 is 1.73 bits per heavy atom. The van der Waals surface area contributed by atoms with Gasteiger partial charge in [-0.15, -0.1) is 0 Å². The van der Waals surface area contributed by atoms with Gasteiger partial charge in [0, 0.05) is 37.6 Å². The Morgan fingerprint density at radius 1 is 1.05 bits per heavy atom. The van der Waals surface area contributed by atoms with Crippen LogP contribution in [0.25, 0.3) is 10.9 Å². The lowest BCUT2D eigenvalue weighted by molar-refractivity contribution is 0.175. The summed E-state index contributed by atoms with van der Waals surface area (Å²) in [7, 11) is 0. The van der Waals surface area contributed by atoms with Gasteiger partial charge in [0.25, 0.3) is 0 Å². The summed E-state index contributed by atoms with van der Waals surface area (Å²) in [6.45, 7) is 11.3. The Balaban J connectivity index is 1.76. The highest BCUT2D eigenvalue weighted by molar-refractivity contribution is 5.83. The molecule has 1 aliphatic rings. The molecule has 2 aromatic rings. The number of aryl methyl sites for hydroxylation is 1. The van der Waals surface area contributed by atoms with Crippen LogP contribution < -0.4 is 4.90 Å². The second kappa shape index (κ2) is 6.66. The third kappa shape index (κ3) is 2.95. The summed E-state index contributed by atoms with van der Waals surface area (Å²) in [5, 5.41) is 1.27. The molecule has 1 aromatic carbocycles. The standard InChI is InChI=1S/C19H27N3/c1-4-16(5-2)21-10-12-22(13-11-21)19-14-15(3)17-8-6-7-9-18(17)20-19/h6-9,14,16H,4-5,10-13H2,1-3H3. The minimum Gasteiger partial charge on any atom is -0.354 e. The number of hydrogen-bond acceptors (Lipinski definition) is 3. The maximum atomic E-state index is 4.88. The molecule has 0 spiro atoms. The number of nitrogens with zero attached hydrogens (tertiary/aromatic N) is 3. The van der Waals surface area contributed by atoms with Crippen LogP contribution in [-0.2, 0) is 0 Å². The van der Waals surface area contributed by atoms with E-state index in [9.17, 15) is 0 Å². The maximum Gasteiger partial charge on any atom is 0.129 e. The number of pyridine rings is 1. The summed E-state index contributed by atoms with van der Waals surface area (Å²) in [5.74, 6) is 1.14. The molecule has 0 bridgehead atoms. The molecule has 1 aromatic heterocycles. The number of para-hydroxylation sites is 1. The van der Waals surface area contributed by atoms with Gasteiger partial charge in [0.1, 0.15) is 5.82 Å². The van der Waals surface area contributed by atoms with Crippen molar-refractivity contribution in [2.75, 3.05) is 31.1 Å². The molecule has 0 aliphatic carbocycles. The number of hydrogen-bond donors (Lipinski definition) is 0. The highest BCUT2D eigenvalue weighted by Crippen LogP contribution is 2.23. The Labute approximate surface area is 133 Å². The molecule has 22 heavy (non-hydrogen) atoms. The lowest BCUT2D eigenvalue weighted by Gasteiger charge is -2.39. The quantitative estimate of drug-likeness (QED) is 0.854. The van der Waals surface area contributed by atoms with E-state index >= 15 is 0 Å². The summed E-state index contributed by atoms with van der Waals surface area (Å²) >= 11 is 0. The molecular weight excluding hydrogens is 270 g/mol. The average Bonchev–Trinajstić information content (AvgIpc) is 2.56. The molecule has 1 fully saturated rings. The number of benzene rings is 1. The van der Waals surface area contributed by atoms with Crippen LogP contribution in [0, 0.1) is 6.92 Å². The summed E-state index contributed by atoms with van der Waals surface area (Å²) < 4.78 is 0. The molecule has 0 N–H and O–H groups in total. The Bertz CT molecular complexity index is 626. The number of anilines is 1. The van der Waals surface area contributed by atoms with Gasteiger partial charge in [-0.05, 0) is 37.5 Å². The second-order valence-electron chi connectivity index (χ2n) is 6.31. The predicted octanol–water partition coefficient (Wildman–Crippen LogP) is 3.85. The summed E-state index contributed by atoms with van der Waals surface area (Å²) in [5.41, 5.74) is 2.43. The lowest BCUT2D eigenvalue weighted by atomic mass is 10.1. The Hall–Kier alpha value is -1.61. The van der Waals surface area contributed by atoms with E-state index in [0.29, 0.717) is 0 Å². The number of aromatic nitrogens is 1. The molecular formula is C19H27N3. The summed E-state index contributed by atoms with van der Waals surface area (Å²) in [6, 6.07) is 11.4. The fourth-order valence-electron chi connectivity index (χ4n) is 3.61. The molecule has 2 heterocycles. The van der Waals surface area contributed by atoms with Crippen molar-refractivity contribution >= 4 is 16.7 Å². The van der Waals surface area contributed by atoms with Crippen LogP contribution >= 0.6 is 0 Å². The van der Waals surface area contributed by atoms with Gasteiger partial charge in [0.05, 0.1) is 5.52 Å². The van der Waals surface area contributed by atoms with E-state index in [2.05, 4.69) is 60.9 Å². The highest BCUT2D eigenvalue weighted by atomic mass is 15.3. The number of fused-ring (bicyclic) bond motifs is 1. The van der Waals surface area contributed by atoms with Gasteiger partial charge in [-0.2, -0.15) is 0 Å². The number of piperazine rings is 1. The maximum absolute atomic E-state index is 4.88. The van der Waals surface area contributed by atoms with Gasteiger partial charge in [-0.3, -0.25) is 4.90 Å². The van der Waals surface area contributed by atoms with Crippen LogP contribution in [0.15, 0.2) is 30.3 Å².